The quantitative estimate of drug-likeness (QED) is 0.922. The summed E-state index contributed by atoms with van der Waals surface area (Å²) in [5.41, 5.74) is 2.55. The molecule has 0 aliphatic carbocycles. The number of hydrogen-bond donors (Lipinski definition) is 1. The van der Waals surface area contributed by atoms with Gasteiger partial charge in [-0.3, -0.25) is 0 Å². The number of piperidine rings is 1. The molecule has 1 aromatic heterocycles. The van der Waals surface area contributed by atoms with Crippen LogP contribution in [0, 0.1) is 24.7 Å². The van der Waals surface area contributed by atoms with Crippen LogP contribution in [-0.2, 0) is 0 Å². The number of aryl methyl sites for hydroxylation is 1. The van der Waals surface area contributed by atoms with Gasteiger partial charge in [-0.15, -0.1) is 10.2 Å². The minimum Gasteiger partial charge on any atom is -0.316 e. The highest BCUT2D eigenvalue weighted by molar-refractivity contribution is 5.26. The van der Waals surface area contributed by atoms with Crippen molar-refractivity contribution in [3.8, 4) is 0 Å². The van der Waals surface area contributed by atoms with E-state index in [9.17, 15) is 0 Å². The molecule has 3 atom stereocenters. The lowest BCUT2D eigenvalue weighted by molar-refractivity contribution is 0.197. The van der Waals surface area contributed by atoms with E-state index in [0.717, 1.165) is 24.9 Å². The fourth-order valence-corrected chi connectivity index (χ4v) is 3.91. The zero-order valence-electron chi connectivity index (χ0n) is 14.3. The molecule has 2 heterocycles. The zero-order valence-corrected chi connectivity index (χ0v) is 14.3. The maximum atomic E-state index is 4.35. The van der Waals surface area contributed by atoms with Crippen LogP contribution in [0.25, 0.3) is 0 Å². The summed E-state index contributed by atoms with van der Waals surface area (Å²) in [5, 5.41) is 16.1. The van der Waals surface area contributed by atoms with E-state index in [4.69, 9.17) is 0 Å². The second-order valence-electron chi connectivity index (χ2n) is 7.26. The van der Waals surface area contributed by atoms with Crippen LogP contribution < -0.4 is 5.32 Å². The van der Waals surface area contributed by atoms with Crippen molar-refractivity contribution < 1.29 is 0 Å². The predicted octanol–water partition coefficient (Wildman–Crippen LogP) is 2.84. The van der Waals surface area contributed by atoms with Crippen molar-refractivity contribution in [1.82, 2.24) is 25.5 Å². The Balaban J connectivity index is 1.86. The maximum absolute atomic E-state index is 4.35. The van der Waals surface area contributed by atoms with E-state index in [2.05, 4.69) is 65.8 Å². The maximum Gasteiger partial charge on any atom is 0.162 e. The first-order valence-corrected chi connectivity index (χ1v) is 8.63. The van der Waals surface area contributed by atoms with E-state index in [1.54, 1.807) is 4.80 Å². The smallest absolute Gasteiger partial charge is 0.162 e. The number of hydrogen-bond acceptors (Lipinski definition) is 4. The van der Waals surface area contributed by atoms with Gasteiger partial charge in [0.25, 0.3) is 0 Å². The molecule has 124 valence electrons. The Hall–Kier alpha value is -1.75. The molecule has 23 heavy (non-hydrogen) atoms. The lowest BCUT2D eigenvalue weighted by Gasteiger charge is -2.35. The molecule has 1 fully saturated rings. The van der Waals surface area contributed by atoms with Gasteiger partial charge in [0.1, 0.15) is 6.04 Å². The predicted molar refractivity (Wildman–Crippen MR) is 91.1 cm³/mol. The molecule has 5 heteroatoms. The van der Waals surface area contributed by atoms with Crippen LogP contribution in [0.4, 0.5) is 0 Å². The van der Waals surface area contributed by atoms with Crippen LogP contribution in [-0.4, -0.2) is 33.3 Å². The lowest BCUT2D eigenvalue weighted by Crippen LogP contribution is -2.41. The molecule has 1 unspecified atom stereocenters. The summed E-state index contributed by atoms with van der Waals surface area (Å²) in [6.45, 7) is 8.88. The molecule has 0 bridgehead atoms. The third-order valence-corrected chi connectivity index (χ3v) is 4.72. The topological polar surface area (TPSA) is 55.6 Å². The molecule has 1 aliphatic heterocycles. The zero-order chi connectivity index (χ0) is 16.2. The average molecular weight is 313 g/mol. The van der Waals surface area contributed by atoms with E-state index in [1.165, 1.54) is 30.3 Å². The van der Waals surface area contributed by atoms with Crippen molar-refractivity contribution in [2.24, 2.45) is 17.8 Å². The van der Waals surface area contributed by atoms with Crippen molar-refractivity contribution in [2.75, 3.05) is 13.1 Å². The van der Waals surface area contributed by atoms with Gasteiger partial charge in [0, 0.05) is 12.5 Å². The molecule has 0 spiro atoms. The lowest BCUT2D eigenvalue weighted by atomic mass is 9.80. The summed E-state index contributed by atoms with van der Waals surface area (Å²) < 4.78 is 0. The van der Waals surface area contributed by atoms with Gasteiger partial charge < -0.3 is 5.32 Å². The third kappa shape index (κ3) is 3.96. The molecule has 2 aromatic rings. The Labute approximate surface area is 138 Å². The Kier molecular flexibility index (Phi) is 5.06. The van der Waals surface area contributed by atoms with Crippen LogP contribution in [0.15, 0.2) is 30.6 Å². The molecular weight excluding hydrogens is 286 g/mol. The largest absolute Gasteiger partial charge is 0.316 e. The van der Waals surface area contributed by atoms with Crippen LogP contribution in [0.3, 0.4) is 0 Å². The van der Waals surface area contributed by atoms with Crippen LogP contribution in [0.2, 0.25) is 0 Å². The number of nitrogens with one attached hydrogen (secondary N) is 1. The Morgan fingerprint density at radius 2 is 2.17 bits per heavy atom. The minimum absolute atomic E-state index is 0.153. The van der Waals surface area contributed by atoms with Gasteiger partial charge in [0.15, 0.2) is 6.33 Å². The summed E-state index contributed by atoms with van der Waals surface area (Å²) >= 11 is 0. The highest BCUT2D eigenvalue weighted by atomic mass is 15.6. The molecule has 1 aromatic carbocycles. The van der Waals surface area contributed by atoms with Gasteiger partial charge in [-0.05, 0) is 48.9 Å². The van der Waals surface area contributed by atoms with Crippen molar-refractivity contribution in [1.29, 1.82) is 0 Å². The van der Waals surface area contributed by atoms with E-state index in [0.29, 0.717) is 5.92 Å². The van der Waals surface area contributed by atoms with E-state index in [1.807, 2.05) is 0 Å². The molecule has 0 saturated carbocycles. The normalized spacial score (nSPS) is 23.1. The Morgan fingerprint density at radius 3 is 2.87 bits per heavy atom. The SMILES string of the molecule is Cc1cccc([C@@H]([C@@H]2CNCC(CC(C)C)C2)n2ncnn2)c1. The number of rotatable bonds is 5. The van der Waals surface area contributed by atoms with E-state index in [-0.39, 0.29) is 6.04 Å². The average Bonchev–Trinajstić information content (AvgIpc) is 3.01. The second-order valence-corrected chi connectivity index (χ2v) is 7.26. The van der Waals surface area contributed by atoms with E-state index >= 15 is 0 Å². The molecule has 1 aliphatic rings. The Bertz CT molecular complexity index is 608. The molecule has 1 saturated heterocycles. The number of nitrogens with zero attached hydrogens (tertiary/aromatic N) is 4. The van der Waals surface area contributed by atoms with Gasteiger partial charge in [-0.1, -0.05) is 43.7 Å². The number of aromatic nitrogens is 4. The molecular formula is C18H27N5. The third-order valence-electron chi connectivity index (χ3n) is 4.72. The molecule has 0 radical (unpaired) electrons. The highest BCUT2D eigenvalue weighted by Crippen LogP contribution is 2.34. The van der Waals surface area contributed by atoms with Crippen LogP contribution in [0.5, 0.6) is 0 Å². The summed E-state index contributed by atoms with van der Waals surface area (Å²) in [5.74, 6) is 1.95. The first-order chi connectivity index (χ1) is 11.1. The van der Waals surface area contributed by atoms with Gasteiger partial charge in [0.2, 0.25) is 0 Å². The summed E-state index contributed by atoms with van der Waals surface area (Å²) in [6, 6.07) is 8.85. The Morgan fingerprint density at radius 1 is 1.30 bits per heavy atom. The van der Waals surface area contributed by atoms with Gasteiger partial charge >= 0.3 is 0 Å². The molecule has 1 N–H and O–H groups in total. The standard InChI is InChI=1S/C18H27N5/c1-13(2)7-15-9-17(11-19-10-15)18(23-21-12-20-22-23)16-6-4-5-14(3)8-16/h4-6,8,12-13,15,17-19H,7,9-11H2,1-3H3/t15?,17-,18-/m0/s1. The van der Waals surface area contributed by atoms with Crippen molar-refractivity contribution in [3.63, 3.8) is 0 Å². The summed E-state index contributed by atoms with van der Waals surface area (Å²) in [7, 11) is 0. The molecule has 3 rings (SSSR count). The molecule has 0 amide bonds. The molecule has 5 nitrogen and oxygen atoms in total. The van der Waals surface area contributed by atoms with Crippen molar-refractivity contribution in [3.05, 3.63) is 41.7 Å². The van der Waals surface area contributed by atoms with Gasteiger partial charge in [-0.2, -0.15) is 4.80 Å². The van der Waals surface area contributed by atoms with Gasteiger partial charge in [0.05, 0.1) is 0 Å². The fraction of sp³-hybridized carbons (Fsp3) is 0.611. The fourth-order valence-electron chi connectivity index (χ4n) is 3.91. The monoisotopic (exact) mass is 313 g/mol. The van der Waals surface area contributed by atoms with Crippen LogP contribution >= 0.6 is 0 Å². The first kappa shape index (κ1) is 16.1. The van der Waals surface area contributed by atoms with Crippen molar-refractivity contribution in [2.45, 2.75) is 39.7 Å². The summed E-state index contributed by atoms with van der Waals surface area (Å²) in [4.78, 5) is 1.79. The van der Waals surface area contributed by atoms with Gasteiger partial charge in [-0.25, -0.2) is 0 Å². The number of benzene rings is 1. The minimum atomic E-state index is 0.153. The number of tetrazole rings is 1. The van der Waals surface area contributed by atoms with Crippen LogP contribution in [0.1, 0.15) is 43.9 Å². The van der Waals surface area contributed by atoms with E-state index < -0.39 is 0 Å². The van der Waals surface area contributed by atoms with Crippen molar-refractivity contribution >= 4 is 0 Å². The summed E-state index contributed by atoms with van der Waals surface area (Å²) in [6.07, 6.45) is 4.02. The highest BCUT2D eigenvalue weighted by Gasteiger charge is 2.32. The second kappa shape index (κ2) is 7.21. The first-order valence-electron chi connectivity index (χ1n) is 8.63.